The van der Waals surface area contributed by atoms with Crippen molar-refractivity contribution in [3.05, 3.63) is 57.5 Å². The van der Waals surface area contributed by atoms with Crippen LogP contribution < -0.4 is 10.7 Å². The van der Waals surface area contributed by atoms with Crippen molar-refractivity contribution in [1.29, 1.82) is 0 Å². The topological polar surface area (TPSA) is 64.0 Å². The summed E-state index contributed by atoms with van der Waals surface area (Å²) < 4.78 is 40.0. The zero-order valence-corrected chi connectivity index (χ0v) is 15.6. The van der Waals surface area contributed by atoms with Crippen LogP contribution in [0.4, 0.5) is 13.2 Å². The predicted octanol–water partition coefficient (Wildman–Crippen LogP) is 3.73. The third kappa shape index (κ3) is 5.42. The molecule has 1 N–H and O–H groups in total. The average Bonchev–Trinajstić information content (AvgIpc) is 2.53. The minimum absolute atomic E-state index is 0.00617. The van der Waals surface area contributed by atoms with E-state index in [0.717, 1.165) is 16.8 Å². The first kappa shape index (κ1) is 20.7. The number of amides is 1. The van der Waals surface area contributed by atoms with Crippen LogP contribution >= 0.6 is 0 Å². The summed E-state index contributed by atoms with van der Waals surface area (Å²) in [5.74, 6) is -0.648. The summed E-state index contributed by atoms with van der Waals surface area (Å²) >= 11 is 0. The van der Waals surface area contributed by atoms with E-state index in [0.29, 0.717) is 18.7 Å². The number of nitrogens with zero attached hydrogens (tertiary/aromatic N) is 2. The van der Waals surface area contributed by atoms with E-state index in [2.05, 4.69) is 10.4 Å². The number of alkyl halides is 3. The van der Waals surface area contributed by atoms with Crippen LogP contribution in [0.25, 0.3) is 5.69 Å². The van der Waals surface area contributed by atoms with E-state index in [1.807, 2.05) is 20.8 Å². The highest BCUT2D eigenvalue weighted by molar-refractivity contribution is 5.92. The van der Waals surface area contributed by atoms with Gasteiger partial charge in [0.2, 0.25) is 5.43 Å². The van der Waals surface area contributed by atoms with Gasteiger partial charge in [-0.25, -0.2) is 4.68 Å². The number of aryl methyl sites for hydroxylation is 1. The SMILES string of the molecule is Cc1cc(=O)c(C(=O)NCCC(C)(C)C)nn1-c1cccc(C(F)(F)F)c1. The number of carbonyl (C=O) groups excluding carboxylic acids is 1. The van der Waals surface area contributed by atoms with Crippen LogP contribution in [0.3, 0.4) is 0 Å². The van der Waals surface area contributed by atoms with Gasteiger partial charge in [-0.2, -0.15) is 18.3 Å². The van der Waals surface area contributed by atoms with Crippen LogP contribution in [0.2, 0.25) is 0 Å². The molecular formula is C19H22F3N3O2. The van der Waals surface area contributed by atoms with Gasteiger partial charge in [0.15, 0.2) is 5.69 Å². The Morgan fingerprint density at radius 3 is 2.44 bits per heavy atom. The van der Waals surface area contributed by atoms with Gasteiger partial charge in [-0.05, 0) is 37.0 Å². The van der Waals surface area contributed by atoms with E-state index in [9.17, 15) is 22.8 Å². The van der Waals surface area contributed by atoms with E-state index in [1.54, 1.807) is 0 Å². The second kappa shape index (κ2) is 7.54. The molecule has 2 aromatic rings. The molecule has 8 heteroatoms. The Hall–Kier alpha value is -2.64. The lowest BCUT2D eigenvalue weighted by Gasteiger charge is -2.18. The van der Waals surface area contributed by atoms with Gasteiger partial charge in [-0.3, -0.25) is 9.59 Å². The molecule has 146 valence electrons. The summed E-state index contributed by atoms with van der Waals surface area (Å²) in [5, 5.41) is 6.64. The summed E-state index contributed by atoms with van der Waals surface area (Å²) in [7, 11) is 0. The van der Waals surface area contributed by atoms with E-state index in [1.165, 1.54) is 25.1 Å². The molecule has 1 aromatic carbocycles. The lowest BCUT2D eigenvalue weighted by molar-refractivity contribution is -0.137. The van der Waals surface area contributed by atoms with Crippen molar-refractivity contribution in [2.45, 2.75) is 40.3 Å². The molecular weight excluding hydrogens is 359 g/mol. The minimum atomic E-state index is -4.50. The molecule has 0 saturated heterocycles. The van der Waals surface area contributed by atoms with Crippen molar-refractivity contribution < 1.29 is 18.0 Å². The van der Waals surface area contributed by atoms with Gasteiger partial charge in [0.05, 0.1) is 11.3 Å². The highest BCUT2D eigenvalue weighted by Gasteiger charge is 2.30. The standard InChI is InChI=1S/C19H22F3N3O2/c1-12-10-15(26)16(17(27)23-9-8-18(2,3)4)24-25(12)14-7-5-6-13(11-14)19(20,21)22/h5-7,10-11H,8-9H2,1-4H3,(H,23,27). The fourth-order valence-corrected chi connectivity index (χ4v) is 2.41. The van der Waals surface area contributed by atoms with Gasteiger partial charge in [0.25, 0.3) is 5.91 Å². The molecule has 0 fully saturated rings. The maximum absolute atomic E-state index is 12.9. The molecule has 0 radical (unpaired) electrons. The lowest BCUT2D eigenvalue weighted by atomic mass is 9.92. The van der Waals surface area contributed by atoms with E-state index < -0.39 is 23.1 Å². The van der Waals surface area contributed by atoms with Crippen molar-refractivity contribution in [3.8, 4) is 5.69 Å². The largest absolute Gasteiger partial charge is 0.416 e. The molecule has 0 aliphatic carbocycles. The summed E-state index contributed by atoms with van der Waals surface area (Å²) in [6.07, 6.45) is -3.80. The second-order valence-corrected chi connectivity index (χ2v) is 7.53. The second-order valence-electron chi connectivity index (χ2n) is 7.53. The molecule has 0 atom stereocenters. The predicted molar refractivity (Wildman–Crippen MR) is 96.0 cm³/mol. The van der Waals surface area contributed by atoms with E-state index in [-0.39, 0.29) is 16.8 Å². The van der Waals surface area contributed by atoms with Crippen LogP contribution in [-0.2, 0) is 6.18 Å². The molecule has 1 heterocycles. The minimum Gasteiger partial charge on any atom is -0.350 e. The van der Waals surface area contributed by atoms with Gasteiger partial charge in [-0.1, -0.05) is 26.8 Å². The smallest absolute Gasteiger partial charge is 0.350 e. The maximum atomic E-state index is 12.9. The van der Waals surface area contributed by atoms with Crippen LogP contribution in [0, 0.1) is 12.3 Å². The number of benzene rings is 1. The van der Waals surface area contributed by atoms with E-state index in [4.69, 9.17) is 0 Å². The van der Waals surface area contributed by atoms with Gasteiger partial charge < -0.3 is 5.32 Å². The van der Waals surface area contributed by atoms with Crippen LogP contribution in [-0.4, -0.2) is 22.2 Å². The zero-order valence-electron chi connectivity index (χ0n) is 15.6. The molecule has 0 aliphatic rings. The van der Waals surface area contributed by atoms with Crippen molar-refractivity contribution in [2.24, 2.45) is 5.41 Å². The Morgan fingerprint density at radius 1 is 1.19 bits per heavy atom. The Bertz CT molecular complexity index is 896. The monoisotopic (exact) mass is 381 g/mol. The van der Waals surface area contributed by atoms with Gasteiger partial charge in [-0.15, -0.1) is 0 Å². The highest BCUT2D eigenvalue weighted by atomic mass is 19.4. The maximum Gasteiger partial charge on any atom is 0.416 e. The Balaban J connectivity index is 2.36. The molecule has 0 spiro atoms. The first-order valence-electron chi connectivity index (χ1n) is 8.45. The van der Waals surface area contributed by atoms with Crippen molar-refractivity contribution in [3.63, 3.8) is 0 Å². The number of halogens is 3. The molecule has 0 aliphatic heterocycles. The number of carbonyl (C=O) groups is 1. The molecule has 1 aromatic heterocycles. The van der Waals surface area contributed by atoms with Crippen molar-refractivity contribution in [1.82, 2.24) is 15.1 Å². The molecule has 1 amide bonds. The van der Waals surface area contributed by atoms with Crippen molar-refractivity contribution in [2.75, 3.05) is 6.54 Å². The number of aromatic nitrogens is 2. The summed E-state index contributed by atoms with van der Waals surface area (Å²) in [6.45, 7) is 7.95. The highest BCUT2D eigenvalue weighted by Crippen LogP contribution is 2.30. The van der Waals surface area contributed by atoms with Crippen LogP contribution in [0.1, 0.15) is 48.9 Å². The molecule has 0 bridgehead atoms. The Kier molecular flexibility index (Phi) is 5.77. The van der Waals surface area contributed by atoms with Crippen LogP contribution in [0.15, 0.2) is 35.1 Å². The molecule has 5 nitrogen and oxygen atoms in total. The fourth-order valence-electron chi connectivity index (χ4n) is 2.41. The number of nitrogens with one attached hydrogen (secondary N) is 1. The Labute approximate surface area is 155 Å². The lowest BCUT2D eigenvalue weighted by Crippen LogP contribution is -2.33. The first-order chi connectivity index (χ1) is 12.4. The summed E-state index contributed by atoms with van der Waals surface area (Å²) in [5.41, 5.74) is -1.32. The fraction of sp³-hybridized carbons (Fsp3) is 0.421. The molecule has 27 heavy (non-hydrogen) atoms. The van der Waals surface area contributed by atoms with Gasteiger partial charge in [0, 0.05) is 18.3 Å². The molecule has 2 rings (SSSR count). The normalized spacial score (nSPS) is 12.1. The summed E-state index contributed by atoms with van der Waals surface area (Å²) in [6, 6.07) is 5.74. The quantitative estimate of drug-likeness (QED) is 0.878. The zero-order chi connectivity index (χ0) is 20.4. The van der Waals surface area contributed by atoms with Crippen molar-refractivity contribution >= 4 is 5.91 Å². The van der Waals surface area contributed by atoms with Gasteiger partial charge >= 0.3 is 6.18 Å². The molecule has 0 unspecified atom stereocenters. The van der Waals surface area contributed by atoms with Gasteiger partial charge in [0.1, 0.15) is 0 Å². The Morgan fingerprint density at radius 2 is 1.85 bits per heavy atom. The number of rotatable bonds is 4. The summed E-state index contributed by atoms with van der Waals surface area (Å²) in [4.78, 5) is 24.4. The third-order valence-corrected chi connectivity index (χ3v) is 3.90. The first-order valence-corrected chi connectivity index (χ1v) is 8.45. The molecule has 0 saturated carbocycles. The van der Waals surface area contributed by atoms with Crippen LogP contribution in [0.5, 0.6) is 0 Å². The number of hydrogen-bond donors (Lipinski definition) is 1. The number of hydrogen-bond acceptors (Lipinski definition) is 3. The third-order valence-electron chi connectivity index (χ3n) is 3.90. The average molecular weight is 381 g/mol. The van der Waals surface area contributed by atoms with E-state index >= 15 is 0 Å².